The smallest absolute Gasteiger partial charge is 0.249 e. The molecular weight excluding hydrogens is 372 g/mol. The number of amides is 1. The summed E-state index contributed by atoms with van der Waals surface area (Å²) in [5.41, 5.74) is 0.220. The van der Waals surface area contributed by atoms with E-state index in [1.165, 1.54) is 10.8 Å². The number of carbonyl (C=O) groups is 2. The molecule has 7 nitrogen and oxygen atoms in total. The average molecular weight is 402 g/mol. The normalized spacial score (nSPS) is 12.7. The lowest BCUT2D eigenvalue weighted by Crippen LogP contribution is -2.46. The topological polar surface area (TPSA) is 108 Å². The predicted molar refractivity (Wildman–Crippen MR) is 111 cm³/mol. The number of aliphatic hydroxyl groups is 2. The summed E-state index contributed by atoms with van der Waals surface area (Å²) >= 11 is 0. The van der Waals surface area contributed by atoms with Gasteiger partial charge in [-0.15, -0.1) is 0 Å². The number of rotatable bonds is 12. The van der Waals surface area contributed by atoms with Crippen LogP contribution in [0.5, 0.6) is 0 Å². The first-order chi connectivity index (χ1) is 13.8. The molecule has 0 heterocycles. The maximum atomic E-state index is 11.8. The Hall–Kier alpha value is -2.32. The molecule has 1 atom stereocenters. The van der Waals surface area contributed by atoms with Crippen molar-refractivity contribution in [2.75, 3.05) is 26.5 Å². The van der Waals surface area contributed by atoms with Gasteiger partial charge in [0.05, 0.1) is 13.3 Å². The molecule has 29 heavy (non-hydrogen) atoms. The number of ketones is 1. The zero-order valence-corrected chi connectivity index (χ0v) is 17.0. The molecule has 0 radical (unpaired) electrons. The lowest BCUT2D eigenvalue weighted by atomic mass is 9.87. The van der Waals surface area contributed by atoms with Crippen LogP contribution in [-0.2, 0) is 20.9 Å². The van der Waals surface area contributed by atoms with Crippen LogP contribution >= 0.6 is 0 Å². The van der Waals surface area contributed by atoms with Crippen LogP contribution in [0.3, 0.4) is 0 Å². The van der Waals surface area contributed by atoms with E-state index in [4.69, 9.17) is 4.74 Å². The van der Waals surface area contributed by atoms with Gasteiger partial charge in [0, 0.05) is 24.9 Å². The molecule has 0 bridgehead atoms. The third-order valence-corrected chi connectivity index (χ3v) is 4.76. The van der Waals surface area contributed by atoms with Crippen molar-refractivity contribution in [2.45, 2.75) is 32.9 Å². The number of aliphatic hydroxyl groups excluding tert-OH is 2. The third-order valence-electron chi connectivity index (χ3n) is 4.76. The van der Waals surface area contributed by atoms with Crippen LogP contribution in [0.25, 0.3) is 10.8 Å². The first-order valence-electron chi connectivity index (χ1n) is 9.68. The van der Waals surface area contributed by atoms with Crippen molar-refractivity contribution in [1.29, 1.82) is 0 Å². The van der Waals surface area contributed by atoms with Crippen molar-refractivity contribution in [3.05, 3.63) is 48.0 Å². The molecule has 0 aliphatic heterocycles. The third kappa shape index (κ3) is 6.90. The summed E-state index contributed by atoms with van der Waals surface area (Å²) < 4.78 is 5.35. The van der Waals surface area contributed by atoms with Crippen LogP contribution in [0.15, 0.2) is 42.5 Å². The summed E-state index contributed by atoms with van der Waals surface area (Å²) in [6.45, 7) is 3.78. The van der Waals surface area contributed by atoms with E-state index in [2.05, 4.69) is 34.9 Å². The molecule has 2 aromatic carbocycles. The lowest BCUT2D eigenvalue weighted by molar-refractivity contribution is -0.137. The van der Waals surface area contributed by atoms with Gasteiger partial charge in [0.1, 0.15) is 12.7 Å². The van der Waals surface area contributed by atoms with Crippen molar-refractivity contribution in [3.63, 3.8) is 0 Å². The highest BCUT2D eigenvalue weighted by molar-refractivity contribution is 5.85. The van der Waals surface area contributed by atoms with Gasteiger partial charge in [-0.1, -0.05) is 56.3 Å². The van der Waals surface area contributed by atoms with E-state index >= 15 is 0 Å². The largest absolute Gasteiger partial charge is 0.396 e. The van der Waals surface area contributed by atoms with Gasteiger partial charge < -0.3 is 20.3 Å². The highest BCUT2D eigenvalue weighted by Gasteiger charge is 2.32. The second-order valence-corrected chi connectivity index (χ2v) is 7.69. The van der Waals surface area contributed by atoms with E-state index in [0.717, 1.165) is 5.56 Å². The van der Waals surface area contributed by atoms with Crippen molar-refractivity contribution in [3.8, 4) is 0 Å². The zero-order chi connectivity index (χ0) is 21.3. The summed E-state index contributed by atoms with van der Waals surface area (Å²) in [6.07, 6.45) is -1.22. The standard InChI is InChI=1S/C22H30N2O5/c1-22(2,14-25)20(27)21(28)24-11-10-18(26)13-29-15-23-12-17-8-5-7-16-6-3-4-9-19(16)17/h3-9,20,23,25,27H,10-15H2,1-2H3,(H,24,28)/t20-/m0/s1. The maximum absolute atomic E-state index is 11.8. The van der Waals surface area contributed by atoms with Gasteiger partial charge in [-0.3, -0.25) is 14.9 Å². The molecule has 0 aromatic heterocycles. The minimum Gasteiger partial charge on any atom is -0.396 e. The first-order valence-corrected chi connectivity index (χ1v) is 9.68. The van der Waals surface area contributed by atoms with E-state index < -0.39 is 17.4 Å². The molecule has 0 unspecified atom stereocenters. The second-order valence-electron chi connectivity index (χ2n) is 7.69. The molecule has 0 fully saturated rings. The molecule has 4 N–H and O–H groups in total. The number of hydrogen-bond donors (Lipinski definition) is 4. The van der Waals surface area contributed by atoms with Gasteiger partial charge in [0.2, 0.25) is 5.91 Å². The Morgan fingerprint density at radius 3 is 2.62 bits per heavy atom. The summed E-state index contributed by atoms with van der Waals surface area (Å²) in [7, 11) is 0. The Bertz CT molecular complexity index is 816. The average Bonchev–Trinajstić information content (AvgIpc) is 2.72. The van der Waals surface area contributed by atoms with Gasteiger partial charge >= 0.3 is 0 Å². The number of nitrogens with one attached hydrogen (secondary N) is 2. The van der Waals surface area contributed by atoms with E-state index in [1.54, 1.807) is 13.8 Å². The number of ether oxygens (including phenoxy) is 1. The molecule has 0 saturated heterocycles. The summed E-state index contributed by atoms with van der Waals surface area (Å²) in [4.78, 5) is 23.7. The van der Waals surface area contributed by atoms with Gasteiger partial charge in [0.15, 0.2) is 5.78 Å². The van der Waals surface area contributed by atoms with Gasteiger partial charge in [0.25, 0.3) is 0 Å². The fraction of sp³-hybridized carbons (Fsp3) is 0.455. The van der Waals surface area contributed by atoms with Gasteiger partial charge in [-0.2, -0.15) is 0 Å². The summed E-state index contributed by atoms with van der Waals surface area (Å²) in [6, 6.07) is 14.3. The minimum absolute atomic E-state index is 0.0525. The predicted octanol–water partition coefficient (Wildman–Crippen LogP) is 1.36. The highest BCUT2D eigenvalue weighted by atomic mass is 16.5. The fourth-order valence-electron chi connectivity index (χ4n) is 2.80. The lowest BCUT2D eigenvalue weighted by Gasteiger charge is -2.27. The summed E-state index contributed by atoms with van der Waals surface area (Å²) in [5, 5.41) is 27.1. The van der Waals surface area contributed by atoms with Crippen molar-refractivity contribution in [2.24, 2.45) is 5.41 Å². The number of carbonyl (C=O) groups excluding carboxylic acids is 2. The minimum atomic E-state index is -1.34. The Kier molecular flexibility index (Phi) is 8.72. The number of Topliss-reactive ketones (excluding diaryl/α,β-unsaturated/α-hetero) is 1. The van der Waals surface area contributed by atoms with Crippen molar-refractivity contribution >= 4 is 22.5 Å². The molecule has 0 saturated carbocycles. The molecule has 0 spiro atoms. The summed E-state index contributed by atoms with van der Waals surface area (Å²) in [5.74, 6) is -0.748. The SMILES string of the molecule is CC(C)(CO)[C@@H](O)C(=O)NCCC(=O)COCNCc1cccc2ccccc12. The number of fused-ring (bicyclic) bond motifs is 1. The Morgan fingerprint density at radius 2 is 1.86 bits per heavy atom. The second kappa shape index (κ2) is 11.0. The number of hydrogen-bond acceptors (Lipinski definition) is 6. The van der Waals surface area contributed by atoms with Gasteiger partial charge in [-0.25, -0.2) is 0 Å². The van der Waals surface area contributed by atoms with Crippen LogP contribution in [0, 0.1) is 5.41 Å². The van der Waals surface area contributed by atoms with Crippen LogP contribution in [0.1, 0.15) is 25.8 Å². The van der Waals surface area contributed by atoms with E-state index in [0.29, 0.717) is 6.54 Å². The molecule has 2 aromatic rings. The quantitative estimate of drug-likeness (QED) is 0.315. The van der Waals surface area contributed by atoms with Crippen LogP contribution in [0.4, 0.5) is 0 Å². The van der Waals surface area contributed by atoms with Crippen molar-refractivity contribution < 1.29 is 24.5 Å². The molecule has 2 rings (SSSR count). The Morgan fingerprint density at radius 1 is 1.14 bits per heavy atom. The van der Waals surface area contributed by atoms with Gasteiger partial charge in [-0.05, 0) is 16.3 Å². The van der Waals surface area contributed by atoms with Crippen LogP contribution < -0.4 is 10.6 Å². The monoisotopic (exact) mass is 402 g/mol. The van der Waals surface area contributed by atoms with Crippen LogP contribution in [0.2, 0.25) is 0 Å². The highest BCUT2D eigenvalue weighted by Crippen LogP contribution is 2.19. The molecule has 7 heteroatoms. The van der Waals surface area contributed by atoms with E-state index in [-0.39, 0.29) is 38.7 Å². The molecule has 1 amide bonds. The molecular formula is C22H30N2O5. The van der Waals surface area contributed by atoms with E-state index in [9.17, 15) is 19.8 Å². The Labute approximate surface area is 171 Å². The van der Waals surface area contributed by atoms with Crippen molar-refractivity contribution in [1.82, 2.24) is 10.6 Å². The van der Waals surface area contributed by atoms with E-state index in [1.807, 2.05) is 18.2 Å². The molecule has 0 aliphatic carbocycles. The Balaban J connectivity index is 1.62. The first kappa shape index (κ1) is 23.0. The van der Waals surface area contributed by atoms with Crippen LogP contribution in [-0.4, -0.2) is 54.5 Å². The molecule has 158 valence electrons. The molecule has 0 aliphatic rings. The number of benzene rings is 2. The zero-order valence-electron chi connectivity index (χ0n) is 17.0. The maximum Gasteiger partial charge on any atom is 0.249 e. The fourth-order valence-corrected chi connectivity index (χ4v) is 2.80.